The van der Waals surface area contributed by atoms with Crippen molar-refractivity contribution in [2.24, 2.45) is 5.92 Å². The number of hydrogen-bond donors (Lipinski definition) is 5. The van der Waals surface area contributed by atoms with Crippen LogP contribution in [-0.2, 0) is 6.54 Å². The highest BCUT2D eigenvalue weighted by Gasteiger charge is 2.23. The summed E-state index contributed by atoms with van der Waals surface area (Å²) in [5.74, 6) is 2.67. The van der Waals surface area contributed by atoms with Gasteiger partial charge in [-0.3, -0.25) is 20.1 Å². The van der Waals surface area contributed by atoms with Crippen LogP contribution < -0.4 is 16.0 Å². The minimum absolute atomic E-state index is 0.605. The van der Waals surface area contributed by atoms with Crippen molar-refractivity contribution in [3.63, 3.8) is 0 Å². The Kier molecular flexibility index (Phi) is 9.33. The van der Waals surface area contributed by atoms with Gasteiger partial charge in [0.1, 0.15) is 16.9 Å². The molecule has 10 aromatic rings. The van der Waals surface area contributed by atoms with Gasteiger partial charge in [-0.25, -0.2) is 19.6 Å². The minimum Gasteiger partial charge on any atom is -0.397 e. The second kappa shape index (κ2) is 15.7. The maximum Gasteiger partial charge on any atom is 0.159 e. The van der Waals surface area contributed by atoms with Gasteiger partial charge in [-0.2, -0.15) is 10.2 Å². The van der Waals surface area contributed by atoms with E-state index in [4.69, 9.17) is 25.8 Å². The Labute approximate surface area is 367 Å². The predicted octanol–water partition coefficient (Wildman–Crippen LogP) is 7.52. The Balaban J connectivity index is 0.936. The quantitative estimate of drug-likeness (QED) is 0.0909. The fourth-order valence-corrected chi connectivity index (χ4v) is 9.45. The Bertz CT molecular complexity index is 3340. The number of aromatic nitrogens is 12. The summed E-state index contributed by atoms with van der Waals surface area (Å²) in [6, 6.07) is 18.6. The summed E-state index contributed by atoms with van der Waals surface area (Å²) >= 11 is 0. The number of nitrogens with one attached hydrogen (secondary N) is 4. The third-order valence-electron chi connectivity index (χ3n) is 12.9. The number of H-pyrrole nitrogens is 3. The Hall–Kier alpha value is -7.56. The number of nitrogen functional groups attached to an aromatic ring is 1. The van der Waals surface area contributed by atoms with E-state index in [0.717, 1.165) is 123 Å². The molecule has 0 amide bonds. The van der Waals surface area contributed by atoms with E-state index in [1.165, 1.54) is 25.7 Å². The van der Waals surface area contributed by atoms with Gasteiger partial charge < -0.3 is 30.8 Å². The first-order valence-electron chi connectivity index (χ1n) is 22.0. The Morgan fingerprint density at radius 2 is 1.47 bits per heavy atom. The number of piperazine rings is 1. The van der Waals surface area contributed by atoms with Gasteiger partial charge in [-0.15, -0.1) is 0 Å². The van der Waals surface area contributed by atoms with Gasteiger partial charge in [-0.05, 0) is 85.4 Å². The molecule has 9 heterocycles. The Morgan fingerprint density at radius 1 is 0.703 bits per heavy atom. The first-order chi connectivity index (χ1) is 31.5. The number of anilines is 2. The van der Waals surface area contributed by atoms with Crippen molar-refractivity contribution in [2.45, 2.75) is 32.2 Å². The van der Waals surface area contributed by atoms with Gasteiger partial charge in [0.25, 0.3) is 0 Å². The van der Waals surface area contributed by atoms with Crippen molar-refractivity contribution in [1.82, 2.24) is 70.1 Å². The number of likely N-dealkylation sites (N-methyl/N-ethyl adjacent to an activating group) is 1. The lowest BCUT2D eigenvalue weighted by Crippen LogP contribution is -2.44. The number of hydrogen-bond acceptors (Lipinski definition) is 12. The molecule has 64 heavy (non-hydrogen) atoms. The highest BCUT2D eigenvalue weighted by molar-refractivity contribution is 5.99. The monoisotopic (exact) mass is 846 g/mol. The second-order valence-electron chi connectivity index (χ2n) is 17.3. The standard InChI is InChI=1S/C48H46N16/c1-62-10-12-63(13-11-62)42-27-53-25-40-46(42)58-48(57-40)45-36-17-31(32-14-29(21-51-22-32)20-50-19-28-4-2-3-5-28)7-9-41(36)64(61-45)43-18-38-39(26-54-43)56-47(55-38)44-35-16-30(6-8-37(35)59-60-44)33-15-34(49)24-52-23-33/h6-9,14-18,21-28,50H,2-5,10-13,19-20,49H2,1H3,(H,55,56)(H,57,58)(H,59,60). The smallest absolute Gasteiger partial charge is 0.159 e. The van der Waals surface area contributed by atoms with E-state index in [2.05, 4.69) is 87.6 Å². The molecule has 0 spiro atoms. The number of benzene rings is 2. The highest BCUT2D eigenvalue weighted by atomic mass is 15.3. The lowest BCUT2D eigenvalue weighted by Gasteiger charge is -2.33. The van der Waals surface area contributed by atoms with E-state index in [0.29, 0.717) is 34.5 Å². The van der Waals surface area contributed by atoms with Gasteiger partial charge >= 0.3 is 0 Å². The lowest BCUT2D eigenvalue weighted by molar-refractivity contribution is 0.313. The molecule has 1 saturated carbocycles. The zero-order valence-corrected chi connectivity index (χ0v) is 35.4. The van der Waals surface area contributed by atoms with Gasteiger partial charge in [0.15, 0.2) is 17.5 Å². The summed E-state index contributed by atoms with van der Waals surface area (Å²) in [5, 5.41) is 18.6. The van der Waals surface area contributed by atoms with Gasteiger partial charge in [-0.1, -0.05) is 25.0 Å². The average molecular weight is 847 g/mol. The van der Waals surface area contributed by atoms with E-state index >= 15 is 0 Å². The molecule has 0 atom stereocenters. The van der Waals surface area contributed by atoms with E-state index in [1.807, 2.05) is 53.7 Å². The second-order valence-corrected chi connectivity index (χ2v) is 17.3. The van der Waals surface area contributed by atoms with E-state index in [1.54, 1.807) is 18.6 Å². The van der Waals surface area contributed by atoms with Crippen molar-refractivity contribution in [1.29, 1.82) is 0 Å². The van der Waals surface area contributed by atoms with E-state index in [-0.39, 0.29) is 0 Å². The van der Waals surface area contributed by atoms with Crippen molar-refractivity contribution in [3.05, 3.63) is 104 Å². The molecular weight excluding hydrogens is 801 g/mol. The number of aromatic amines is 3. The number of nitrogens with two attached hydrogens (primary N) is 1. The molecule has 0 radical (unpaired) electrons. The number of pyridine rings is 4. The first kappa shape index (κ1) is 38.1. The van der Waals surface area contributed by atoms with E-state index < -0.39 is 0 Å². The van der Waals surface area contributed by atoms with Gasteiger partial charge in [0, 0.05) is 85.5 Å². The Morgan fingerprint density at radius 3 is 2.33 bits per heavy atom. The number of fused-ring (bicyclic) bond motifs is 4. The van der Waals surface area contributed by atoms with Crippen LogP contribution in [0.4, 0.5) is 11.4 Å². The van der Waals surface area contributed by atoms with Crippen LogP contribution in [0.2, 0.25) is 0 Å². The molecule has 6 N–H and O–H groups in total. The molecule has 16 heteroatoms. The molecule has 12 rings (SSSR count). The van der Waals surface area contributed by atoms with Crippen molar-refractivity contribution < 1.29 is 0 Å². The molecule has 1 aliphatic carbocycles. The predicted molar refractivity (Wildman–Crippen MR) is 251 cm³/mol. The van der Waals surface area contributed by atoms with Crippen molar-refractivity contribution >= 4 is 55.2 Å². The van der Waals surface area contributed by atoms with Gasteiger partial charge in [0.2, 0.25) is 0 Å². The molecule has 2 aliphatic rings. The van der Waals surface area contributed by atoms with Crippen LogP contribution in [0.3, 0.4) is 0 Å². The third-order valence-corrected chi connectivity index (χ3v) is 12.9. The molecule has 1 aliphatic heterocycles. The number of nitrogens with zero attached hydrogens (tertiary/aromatic N) is 11. The lowest BCUT2D eigenvalue weighted by atomic mass is 10.0. The maximum atomic E-state index is 6.06. The molecule has 16 nitrogen and oxygen atoms in total. The van der Waals surface area contributed by atoms with Gasteiger partial charge in [0.05, 0.1) is 57.5 Å². The molecule has 1 saturated heterocycles. The highest BCUT2D eigenvalue weighted by Crippen LogP contribution is 2.36. The molecule has 8 aromatic heterocycles. The van der Waals surface area contributed by atoms with Crippen LogP contribution in [0.25, 0.3) is 95.0 Å². The summed E-state index contributed by atoms with van der Waals surface area (Å²) in [6.07, 6.45) is 18.2. The molecule has 318 valence electrons. The molecular formula is C48H46N16. The van der Waals surface area contributed by atoms with Crippen LogP contribution in [0, 0.1) is 5.92 Å². The first-order valence-corrected chi connectivity index (χ1v) is 22.0. The fraction of sp³-hybridized carbons (Fsp3) is 0.250. The molecule has 0 unspecified atom stereocenters. The normalized spacial score (nSPS) is 15.2. The summed E-state index contributed by atoms with van der Waals surface area (Å²) in [6.45, 7) is 5.61. The summed E-state index contributed by atoms with van der Waals surface area (Å²) in [4.78, 5) is 40.6. The molecule has 2 aromatic carbocycles. The van der Waals surface area contributed by atoms with Crippen LogP contribution in [0.1, 0.15) is 31.2 Å². The molecule has 2 fully saturated rings. The van der Waals surface area contributed by atoms with Crippen LogP contribution in [0.5, 0.6) is 0 Å². The summed E-state index contributed by atoms with van der Waals surface area (Å²) in [5.41, 5.74) is 19.2. The third kappa shape index (κ3) is 6.96. The topological polar surface area (TPSA) is 200 Å². The number of rotatable bonds is 10. The van der Waals surface area contributed by atoms with Crippen LogP contribution in [0.15, 0.2) is 98.0 Å². The van der Waals surface area contributed by atoms with Crippen LogP contribution in [-0.4, -0.2) is 105 Å². The largest absolute Gasteiger partial charge is 0.397 e. The SMILES string of the molecule is CN1CCN(c2cncc3[nH]c(-c4nn(-c5cc6nc(-c7n[nH]c8ccc(-c9cncc(N)c9)cc78)[nH]c6cn5)c5ccc(-c6cncc(CNCC7CCCC7)c6)cc45)nc23)CC1. The fourth-order valence-electron chi connectivity index (χ4n) is 9.45. The summed E-state index contributed by atoms with van der Waals surface area (Å²) in [7, 11) is 2.16. The van der Waals surface area contributed by atoms with Crippen molar-refractivity contribution in [2.75, 3.05) is 50.4 Å². The summed E-state index contributed by atoms with van der Waals surface area (Å²) < 4.78 is 1.88. The zero-order valence-electron chi connectivity index (χ0n) is 35.4. The maximum absolute atomic E-state index is 6.06. The minimum atomic E-state index is 0.605. The molecule has 0 bridgehead atoms. The number of imidazole rings is 2. The average Bonchev–Trinajstić information content (AvgIpc) is 4.18. The van der Waals surface area contributed by atoms with E-state index in [9.17, 15) is 0 Å². The van der Waals surface area contributed by atoms with Crippen molar-refractivity contribution in [3.8, 4) is 51.1 Å². The van der Waals surface area contributed by atoms with Crippen LogP contribution >= 0.6 is 0 Å². The zero-order chi connectivity index (χ0) is 42.7.